The summed E-state index contributed by atoms with van der Waals surface area (Å²) in [5, 5.41) is 21.3. The maximum absolute atomic E-state index is 10.7. The van der Waals surface area contributed by atoms with Gasteiger partial charge in [-0.05, 0) is 79.1 Å². The molecule has 34 heavy (non-hydrogen) atoms. The Balaban J connectivity index is 1.34. The molecule has 2 fully saturated rings. The van der Waals surface area contributed by atoms with E-state index < -0.39 is 0 Å². The van der Waals surface area contributed by atoms with Crippen LogP contribution in [0.15, 0.2) is 47.6 Å². The summed E-state index contributed by atoms with van der Waals surface area (Å²) >= 11 is 0. The highest BCUT2D eigenvalue weighted by atomic mass is 16.6. The molecule has 0 bridgehead atoms. The molecule has 4 nitrogen and oxygen atoms in total. The van der Waals surface area contributed by atoms with E-state index in [-0.39, 0.29) is 34.2 Å². The van der Waals surface area contributed by atoms with Crippen LogP contribution in [0, 0.1) is 10.8 Å². The van der Waals surface area contributed by atoms with Gasteiger partial charge < -0.3 is 19.7 Å². The Hall–Kier alpha value is -1.20. The van der Waals surface area contributed by atoms with E-state index in [1.165, 1.54) is 11.1 Å². The lowest BCUT2D eigenvalue weighted by Crippen LogP contribution is -2.34. The smallest absolute Gasteiger partial charge is 0.0892 e. The number of ether oxygens (including phenoxy) is 2. The molecule has 0 aromatic rings. The van der Waals surface area contributed by atoms with Gasteiger partial charge in [0.25, 0.3) is 0 Å². The first-order valence-corrected chi connectivity index (χ1v) is 13.3. The summed E-state index contributed by atoms with van der Waals surface area (Å²) in [6.45, 7) is 12.9. The predicted octanol–water partition coefficient (Wildman–Crippen LogP) is 6.19. The Labute approximate surface area is 206 Å². The second-order valence-corrected chi connectivity index (χ2v) is 12.8. The maximum Gasteiger partial charge on any atom is 0.0892 e. The van der Waals surface area contributed by atoms with Crippen molar-refractivity contribution in [2.45, 2.75) is 129 Å². The van der Waals surface area contributed by atoms with E-state index in [0.717, 1.165) is 51.4 Å². The second-order valence-electron chi connectivity index (χ2n) is 12.8. The zero-order valence-corrected chi connectivity index (χ0v) is 22.1. The number of rotatable bonds is 9. The molecule has 2 aliphatic heterocycles. The Morgan fingerprint density at radius 3 is 1.41 bits per heavy atom. The van der Waals surface area contributed by atoms with E-state index in [4.69, 9.17) is 9.47 Å². The van der Waals surface area contributed by atoms with Crippen LogP contribution in [0.3, 0.4) is 0 Å². The topological polar surface area (TPSA) is 65.5 Å². The second kappa shape index (κ2) is 9.35. The summed E-state index contributed by atoms with van der Waals surface area (Å²) in [7, 11) is 0. The fraction of sp³-hybridized carbons (Fsp3) is 0.733. The fourth-order valence-corrected chi connectivity index (χ4v) is 5.91. The first-order valence-electron chi connectivity index (χ1n) is 13.3. The molecule has 2 aliphatic carbocycles. The predicted molar refractivity (Wildman–Crippen MR) is 138 cm³/mol. The van der Waals surface area contributed by atoms with Gasteiger partial charge in [-0.1, -0.05) is 61.4 Å². The first kappa shape index (κ1) is 25.9. The third kappa shape index (κ3) is 5.95. The fourth-order valence-electron chi connectivity index (χ4n) is 5.91. The Bertz CT molecular complexity index is 806. The molecule has 0 spiro atoms. The van der Waals surface area contributed by atoms with Crippen molar-refractivity contribution in [3.63, 3.8) is 0 Å². The molecular weight excluding hydrogens is 424 g/mol. The monoisotopic (exact) mass is 470 g/mol. The van der Waals surface area contributed by atoms with E-state index in [1.807, 2.05) is 0 Å². The van der Waals surface area contributed by atoms with Crippen molar-refractivity contribution < 1.29 is 19.7 Å². The Morgan fingerprint density at radius 1 is 0.735 bits per heavy atom. The SMILES string of the molecule is CC1(C)O[C@H]1CC[C@@]1(C)C=C(/C=C/C=C/C2=C[C@](C)(CC[C@@H]3OC3(C)C)[C@@H](O)CC2)CC[C@@H]1O. The van der Waals surface area contributed by atoms with Crippen LogP contribution in [0.2, 0.25) is 0 Å². The summed E-state index contributed by atoms with van der Waals surface area (Å²) in [6, 6.07) is 0. The highest BCUT2D eigenvalue weighted by Gasteiger charge is 2.49. The van der Waals surface area contributed by atoms with Crippen LogP contribution in [-0.2, 0) is 9.47 Å². The highest BCUT2D eigenvalue weighted by molar-refractivity contribution is 5.32. The molecule has 0 saturated carbocycles. The molecule has 2 saturated heterocycles. The Morgan fingerprint density at radius 2 is 1.09 bits per heavy atom. The molecule has 6 atom stereocenters. The highest BCUT2D eigenvalue weighted by Crippen LogP contribution is 2.46. The molecule has 190 valence electrons. The van der Waals surface area contributed by atoms with Gasteiger partial charge in [0.05, 0.1) is 35.6 Å². The molecule has 0 amide bonds. The molecule has 4 rings (SSSR count). The van der Waals surface area contributed by atoms with Gasteiger partial charge in [0.15, 0.2) is 0 Å². The number of allylic oxidation sites excluding steroid dienone is 6. The number of aliphatic hydroxyl groups is 2. The van der Waals surface area contributed by atoms with Crippen molar-refractivity contribution in [2.75, 3.05) is 0 Å². The van der Waals surface area contributed by atoms with Gasteiger partial charge in [-0.2, -0.15) is 0 Å². The van der Waals surface area contributed by atoms with E-state index in [9.17, 15) is 10.2 Å². The lowest BCUT2D eigenvalue weighted by molar-refractivity contribution is 0.0474. The standard InChI is InChI=1S/C30H46O4/c1-27(2)25(33-27)15-17-29(5)19-21(11-13-23(29)31)9-7-8-10-22-12-14-24(32)30(6,20-22)18-16-26-28(3,4)34-26/h7-10,19-20,23-26,31-32H,11-18H2,1-6H3/b9-7+,10-8+/t23-,24-,25-,26-,29-,30-/m0/s1. The summed E-state index contributed by atoms with van der Waals surface area (Å²) < 4.78 is 11.5. The van der Waals surface area contributed by atoms with Gasteiger partial charge >= 0.3 is 0 Å². The minimum Gasteiger partial charge on any atom is -0.392 e. The first-order chi connectivity index (χ1) is 15.8. The van der Waals surface area contributed by atoms with Crippen molar-refractivity contribution in [2.24, 2.45) is 10.8 Å². The van der Waals surface area contributed by atoms with Gasteiger partial charge in [-0.25, -0.2) is 0 Å². The summed E-state index contributed by atoms with van der Waals surface area (Å²) in [6.07, 6.45) is 20.6. The molecule has 4 aliphatic rings. The van der Waals surface area contributed by atoms with Crippen LogP contribution in [0.1, 0.15) is 92.9 Å². The molecular formula is C30H46O4. The van der Waals surface area contributed by atoms with Crippen molar-refractivity contribution in [3.05, 3.63) is 47.6 Å². The van der Waals surface area contributed by atoms with Crippen LogP contribution in [0.5, 0.6) is 0 Å². The lowest BCUT2D eigenvalue weighted by Gasteiger charge is -2.36. The Kier molecular flexibility index (Phi) is 7.12. The molecule has 0 radical (unpaired) electrons. The van der Waals surface area contributed by atoms with Crippen molar-refractivity contribution in [3.8, 4) is 0 Å². The molecule has 4 heteroatoms. The minimum atomic E-state index is -0.287. The van der Waals surface area contributed by atoms with E-state index >= 15 is 0 Å². The maximum atomic E-state index is 10.7. The summed E-state index contributed by atoms with van der Waals surface area (Å²) in [4.78, 5) is 0. The third-order valence-electron chi connectivity index (χ3n) is 8.92. The number of epoxide rings is 2. The van der Waals surface area contributed by atoms with Crippen LogP contribution >= 0.6 is 0 Å². The largest absolute Gasteiger partial charge is 0.392 e. The molecule has 0 aromatic carbocycles. The quantitative estimate of drug-likeness (QED) is 0.311. The normalized spacial score (nSPS) is 40.9. The summed E-state index contributed by atoms with van der Waals surface area (Å²) in [5.41, 5.74) is 2.25. The van der Waals surface area contributed by atoms with Crippen LogP contribution < -0.4 is 0 Å². The van der Waals surface area contributed by atoms with Crippen molar-refractivity contribution in [1.29, 1.82) is 0 Å². The van der Waals surface area contributed by atoms with E-state index in [2.05, 4.69) is 78.0 Å². The van der Waals surface area contributed by atoms with Crippen LogP contribution in [0.4, 0.5) is 0 Å². The van der Waals surface area contributed by atoms with Gasteiger partial charge in [-0.15, -0.1) is 0 Å². The van der Waals surface area contributed by atoms with E-state index in [0.29, 0.717) is 12.2 Å². The van der Waals surface area contributed by atoms with E-state index in [1.54, 1.807) is 0 Å². The zero-order valence-electron chi connectivity index (χ0n) is 22.1. The molecule has 2 heterocycles. The zero-order chi connectivity index (χ0) is 24.8. The van der Waals surface area contributed by atoms with Gasteiger partial charge in [-0.3, -0.25) is 0 Å². The average molecular weight is 471 g/mol. The van der Waals surface area contributed by atoms with Crippen LogP contribution in [-0.4, -0.2) is 45.8 Å². The number of aliphatic hydroxyl groups excluding tert-OH is 2. The molecule has 2 N–H and O–H groups in total. The number of hydrogen-bond acceptors (Lipinski definition) is 4. The minimum absolute atomic E-state index is 0.00934. The molecule has 0 aromatic heterocycles. The third-order valence-corrected chi connectivity index (χ3v) is 8.92. The number of hydrogen-bond donors (Lipinski definition) is 2. The lowest BCUT2D eigenvalue weighted by atomic mass is 9.72. The van der Waals surface area contributed by atoms with Crippen LogP contribution in [0.25, 0.3) is 0 Å². The van der Waals surface area contributed by atoms with Gasteiger partial charge in [0.2, 0.25) is 0 Å². The molecule has 0 unspecified atom stereocenters. The van der Waals surface area contributed by atoms with Crippen molar-refractivity contribution >= 4 is 0 Å². The van der Waals surface area contributed by atoms with Gasteiger partial charge in [0, 0.05) is 10.8 Å². The average Bonchev–Trinajstić information content (AvgIpc) is 3.60. The van der Waals surface area contributed by atoms with Gasteiger partial charge in [0.1, 0.15) is 0 Å². The summed E-state index contributed by atoms with van der Waals surface area (Å²) in [5.74, 6) is 0. The van der Waals surface area contributed by atoms with Crippen molar-refractivity contribution in [1.82, 2.24) is 0 Å².